The Bertz CT molecular complexity index is 682. The van der Waals surface area contributed by atoms with E-state index in [2.05, 4.69) is 11.4 Å². The highest BCUT2D eigenvalue weighted by atomic mass is 19.4. The molecule has 128 valence electrons. The average Bonchev–Trinajstić information content (AvgIpc) is 2.74. The van der Waals surface area contributed by atoms with E-state index in [0.29, 0.717) is 11.8 Å². The van der Waals surface area contributed by atoms with Crippen LogP contribution >= 0.6 is 0 Å². The largest absolute Gasteiger partial charge is 0.486 e. The van der Waals surface area contributed by atoms with E-state index in [9.17, 15) is 13.2 Å². The van der Waals surface area contributed by atoms with Gasteiger partial charge in [-0.2, -0.15) is 13.2 Å². The standard InChI is InChI=1S/C19H20F3NO/c1-23-15-9-6-13-4-2-3-5-17(13)18(12-15)24-16-10-7-14(8-11-16)19(20,21)22/h2-5,7-8,10-11,15,18,23H,6,9,12H2,1H3. The van der Waals surface area contributed by atoms with Gasteiger partial charge in [-0.25, -0.2) is 0 Å². The molecule has 2 aromatic rings. The van der Waals surface area contributed by atoms with Gasteiger partial charge in [-0.1, -0.05) is 24.3 Å². The Kier molecular flexibility index (Phi) is 4.81. The Hall–Kier alpha value is -2.01. The molecule has 0 bridgehead atoms. The minimum atomic E-state index is -4.33. The molecule has 2 nitrogen and oxygen atoms in total. The van der Waals surface area contributed by atoms with Crippen LogP contribution in [0.25, 0.3) is 0 Å². The highest BCUT2D eigenvalue weighted by molar-refractivity contribution is 5.34. The van der Waals surface area contributed by atoms with Crippen LogP contribution in [0, 0.1) is 0 Å². The Balaban J connectivity index is 1.84. The second-order valence-electron chi connectivity index (χ2n) is 6.09. The van der Waals surface area contributed by atoms with Crippen LogP contribution in [0.15, 0.2) is 48.5 Å². The van der Waals surface area contributed by atoms with Crippen molar-refractivity contribution in [3.8, 4) is 5.75 Å². The van der Waals surface area contributed by atoms with Crippen LogP contribution in [0.3, 0.4) is 0 Å². The molecule has 1 N–H and O–H groups in total. The van der Waals surface area contributed by atoms with E-state index in [-0.39, 0.29) is 6.10 Å². The van der Waals surface area contributed by atoms with Gasteiger partial charge in [-0.15, -0.1) is 0 Å². The monoisotopic (exact) mass is 335 g/mol. The van der Waals surface area contributed by atoms with Gasteiger partial charge in [0.05, 0.1) is 5.56 Å². The summed E-state index contributed by atoms with van der Waals surface area (Å²) >= 11 is 0. The maximum atomic E-state index is 12.7. The molecule has 0 fully saturated rings. The van der Waals surface area contributed by atoms with Crippen LogP contribution in [-0.4, -0.2) is 13.1 Å². The second-order valence-corrected chi connectivity index (χ2v) is 6.09. The molecule has 0 radical (unpaired) electrons. The fraction of sp³-hybridized carbons (Fsp3) is 0.368. The molecule has 0 aliphatic heterocycles. The van der Waals surface area contributed by atoms with Crippen LogP contribution in [0.1, 0.15) is 35.6 Å². The number of ether oxygens (including phenoxy) is 1. The van der Waals surface area contributed by atoms with Crippen molar-refractivity contribution < 1.29 is 17.9 Å². The van der Waals surface area contributed by atoms with Crippen molar-refractivity contribution in [3.05, 3.63) is 65.2 Å². The van der Waals surface area contributed by atoms with E-state index in [0.717, 1.165) is 37.0 Å². The molecule has 2 aromatic carbocycles. The first-order valence-electron chi connectivity index (χ1n) is 8.06. The molecular weight excluding hydrogens is 315 g/mol. The van der Waals surface area contributed by atoms with Crippen LogP contribution in [-0.2, 0) is 12.6 Å². The van der Waals surface area contributed by atoms with Gasteiger partial charge in [0.25, 0.3) is 0 Å². The van der Waals surface area contributed by atoms with Gasteiger partial charge in [-0.05, 0) is 55.3 Å². The summed E-state index contributed by atoms with van der Waals surface area (Å²) in [7, 11) is 1.93. The summed E-state index contributed by atoms with van der Waals surface area (Å²) in [5.74, 6) is 0.458. The Morgan fingerprint density at radius 2 is 1.75 bits per heavy atom. The third kappa shape index (κ3) is 3.73. The minimum Gasteiger partial charge on any atom is -0.486 e. The van der Waals surface area contributed by atoms with Crippen LogP contribution in [0.4, 0.5) is 13.2 Å². The van der Waals surface area contributed by atoms with E-state index < -0.39 is 11.7 Å². The SMILES string of the molecule is CNC1CCc2ccccc2C(Oc2ccc(C(F)(F)F)cc2)C1. The number of aryl methyl sites for hydroxylation is 1. The zero-order valence-corrected chi connectivity index (χ0v) is 13.4. The molecule has 5 heteroatoms. The normalized spacial score (nSPS) is 21.0. The molecule has 3 rings (SSSR count). The predicted molar refractivity (Wildman–Crippen MR) is 87.0 cm³/mol. The molecule has 0 heterocycles. The summed E-state index contributed by atoms with van der Waals surface area (Å²) in [6.45, 7) is 0. The lowest BCUT2D eigenvalue weighted by atomic mass is 10.0. The Labute approximate surface area is 139 Å². The first kappa shape index (κ1) is 16.8. The Morgan fingerprint density at radius 3 is 2.42 bits per heavy atom. The van der Waals surface area contributed by atoms with Crippen LogP contribution < -0.4 is 10.1 Å². The number of rotatable bonds is 3. The van der Waals surface area contributed by atoms with Gasteiger partial charge in [0, 0.05) is 12.5 Å². The predicted octanol–water partition coefficient (Wildman–Crippen LogP) is 4.75. The van der Waals surface area contributed by atoms with Gasteiger partial charge < -0.3 is 10.1 Å². The van der Waals surface area contributed by atoms with Crippen molar-refractivity contribution >= 4 is 0 Å². The zero-order chi connectivity index (χ0) is 17.2. The lowest BCUT2D eigenvalue weighted by Crippen LogP contribution is -2.27. The van der Waals surface area contributed by atoms with Crippen molar-refractivity contribution in [2.24, 2.45) is 0 Å². The zero-order valence-electron chi connectivity index (χ0n) is 13.4. The summed E-state index contributed by atoms with van der Waals surface area (Å²) in [5, 5.41) is 3.29. The van der Waals surface area contributed by atoms with E-state index in [1.165, 1.54) is 17.7 Å². The molecule has 0 saturated heterocycles. The Morgan fingerprint density at radius 1 is 1.04 bits per heavy atom. The highest BCUT2D eigenvalue weighted by Gasteiger charge is 2.30. The lowest BCUT2D eigenvalue weighted by molar-refractivity contribution is -0.137. The first-order valence-corrected chi connectivity index (χ1v) is 8.06. The van der Waals surface area contributed by atoms with Crippen molar-refractivity contribution in [1.29, 1.82) is 0 Å². The molecule has 1 aliphatic rings. The molecule has 0 amide bonds. The topological polar surface area (TPSA) is 21.3 Å². The molecule has 0 saturated carbocycles. The first-order chi connectivity index (χ1) is 11.5. The summed E-state index contributed by atoms with van der Waals surface area (Å²) in [6, 6.07) is 13.3. The van der Waals surface area contributed by atoms with Crippen LogP contribution in [0.2, 0.25) is 0 Å². The molecule has 24 heavy (non-hydrogen) atoms. The smallest absolute Gasteiger partial charge is 0.416 e. The van der Waals surface area contributed by atoms with Crippen LogP contribution in [0.5, 0.6) is 5.75 Å². The fourth-order valence-corrected chi connectivity index (χ4v) is 3.17. The third-order valence-electron chi connectivity index (χ3n) is 4.53. The number of fused-ring (bicyclic) bond motifs is 1. The van der Waals surface area contributed by atoms with E-state index in [1.54, 1.807) is 0 Å². The quantitative estimate of drug-likeness (QED) is 0.817. The maximum absolute atomic E-state index is 12.7. The summed E-state index contributed by atoms with van der Waals surface area (Å²) in [6.07, 6.45) is -1.73. The second kappa shape index (κ2) is 6.85. The van der Waals surface area contributed by atoms with Crippen molar-refractivity contribution in [2.75, 3.05) is 7.05 Å². The number of alkyl halides is 3. The van der Waals surface area contributed by atoms with Gasteiger partial charge in [0.15, 0.2) is 0 Å². The average molecular weight is 335 g/mol. The number of hydrogen-bond donors (Lipinski definition) is 1. The molecule has 2 atom stereocenters. The molecular formula is C19H20F3NO. The minimum absolute atomic E-state index is 0.169. The van der Waals surface area contributed by atoms with Gasteiger partial charge in [0.2, 0.25) is 0 Å². The highest BCUT2D eigenvalue weighted by Crippen LogP contribution is 2.34. The van der Waals surface area contributed by atoms with Crippen molar-refractivity contribution in [2.45, 2.75) is 37.6 Å². The number of hydrogen-bond acceptors (Lipinski definition) is 2. The molecule has 2 unspecified atom stereocenters. The third-order valence-corrected chi connectivity index (χ3v) is 4.53. The molecule has 0 spiro atoms. The number of benzene rings is 2. The van der Waals surface area contributed by atoms with Crippen molar-refractivity contribution in [3.63, 3.8) is 0 Å². The number of halogens is 3. The fourth-order valence-electron chi connectivity index (χ4n) is 3.17. The van der Waals surface area contributed by atoms with Gasteiger partial charge in [0.1, 0.15) is 11.9 Å². The summed E-state index contributed by atoms with van der Waals surface area (Å²) in [5.41, 5.74) is 1.70. The lowest BCUT2D eigenvalue weighted by Gasteiger charge is -2.23. The number of nitrogens with one attached hydrogen (secondary N) is 1. The van der Waals surface area contributed by atoms with Crippen molar-refractivity contribution in [1.82, 2.24) is 5.32 Å². The van der Waals surface area contributed by atoms with Gasteiger partial charge >= 0.3 is 6.18 Å². The molecule has 0 aromatic heterocycles. The van der Waals surface area contributed by atoms with E-state index in [1.807, 2.05) is 25.2 Å². The van der Waals surface area contributed by atoms with Gasteiger partial charge in [-0.3, -0.25) is 0 Å². The molecule has 1 aliphatic carbocycles. The maximum Gasteiger partial charge on any atom is 0.416 e. The van der Waals surface area contributed by atoms with E-state index >= 15 is 0 Å². The van der Waals surface area contributed by atoms with E-state index in [4.69, 9.17) is 4.74 Å². The summed E-state index contributed by atoms with van der Waals surface area (Å²) in [4.78, 5) is 0. The summed E-state index contributed by atoms with van der Waals surface area (Å²) < 4.78 is 44.1.